The third-order valence-electron chi connectivity index (χ3n) is 2.73. The highest BCUT2D eigenvalue weighted by molar-refractivity contribution is 6.30. The molecule has 1 aromatic rings. The summed E-state index contributed by atoms with van der Waals surface area (Å²) in [5, 5.41) is 0.191. The first-order valence-electron chi connectivity index (χ1n) is 5.07. The molecule has 2 N–H and O–H groups in total. The molecule has 15 heavy (non-hydrogen) atoms. The predicted octanol–water partition coefficient (Wildman–Crippen LogP) is 2.01. The molecule has 1 atom stereocenters. The average molecular weight is 229 g/mol. The molecule has 1 heterocycles. The summed E-state index contributed by atoms with van der Waals surface area (Å²) in [6.07, 6.45) is 0.988. The zero-order chi connectivity index (χ0) is 10.8. The molecule has 82 valence electrons. The van der Waals surface area contributed by atoms with Crippen molar-refractivity contribution in [3.8, 4) is 0 Å². The molecule has 0 bridgehead atoms. The van der Waals surface area contributed by atoms with Crippen LogP contribution in [0, 0.1) is 5.82 Å². The van der Waals surface area contributed by atoms with Gasteiger partial charge in [-0.3, -0.25) is 4.90 Å². The monoisotopic (exact) mass is 228 g/mol. The molecule has 0 radical (unpaired) electrons. The lowest BCUT2D eigenvalue weighted by Gasteiger charge is -2.15. The van der Waals surface area contributed by atoms with Crippen LogP contribution in [-0.2, 0) is 6.54 Å². The van der Waals surface area contributed by atoms with E-state index in [1.807, 2.05) is 0 Å². The van der Waals surface area contributed by atoms with Crippen LogP contribution in [0.1, 0.15) is 12.0 Å². The van der Waals surface area contributed by atoms with Crippen molar-refractivity contribution in [3.05, 3.63) is 34.6 Å². The molecule has 1 saturated heterocycles. The van der Waals surface area contributed by atoms with Crippen molar-refractivity contribution < 1.29 is 4.39 Å². The van der Waals surface area contributed by atoms with Crippen molar-refractivity contribution in [3.63, 3.8) is 0 Å². The lowest BCUT2D eigenvalue weighted by Crippen LogP contribution is -2.26. The van der Waals surface area contributed by atoms with Gasteiger partial charge in [-0.05, 0) is 12.5 Å². The zero-order valence-electron chi connectivity index (χ0n) is 8.42. The molecule has 0 unspecified atom stereocenters. The van der Waals surface area contributed by atoms with E-state index in [0.717, 1.165) is 19.5 Å². The van der Waals surface area contributed by atoms with Gasteiger partial charge in [0.2, 0.25) is 0 Å². The fraction of sp³-hybridized carbons (Fsp3) is 0.455. The van der Waals surface area contributed by atoms with E-state index < -0.39 is 0 Å². The fourth-order valence-electron chi connectivity index (χ4n) is 1.92. The van der Waals surface area contributed by atoms with Crippen molar-refractivity contribution in [2.45, 2.75) is 19.0 Å². The Labute approximate surface area is 93.8 Å². The molecule has 4 heteroatoms. The number of nitrogens with two attached hydrogens (primary N) is 1. The first kappa shape index (κ1) is 10.9. The Morgan fingerprint density at radius 2 is 2.33 bits per heavy atom. The van der Waals surface area contributed by atoms with Gasteiger partial charge in [0, 0.05) is 31.2 Å². The fourth-order valence-corrected chi connectivity index (χ4v) is 2.11. The lowest BCUT2D eigenvalue weighted by molar-refractivity contribution is 0.321. The second-order valence-corrected chi connectivity index (χ2v) is 4.40. The molecule has 1 aliphatic rings. The lowest BCUT2D eigenvalue weighted by atomic mass is 10.2. The molecule has 2 rings (SSSR count). The summed E-state index contributed by atoms with van der Waals surface area (Å²) in [6.45, 7) is 2.37. The average Bonchev–Trinajstić information content (AvgIpc) is 2.59. The van der Waals surface area contributed by atoms with Crippen LogP contribution in [-0.4, -0.2) is 24.0 Å². The van der Waals surface area contributed by atoms with E-state index in [0.29, 0.717) is 12.1 Å². The number of likely N-dealkylation sites (tertiary alicyclic amines) is 1. The molecule has 0 spiro atoms. The standard InChI is InChI=1S/C11H14ClFN2/c12-10-3-1-2-8(11(10)13)6-15-5-4-9(14)7-15/h1-3,9H,4-7,14H2/t9-/m1/s1. The minimum absolute atomic E-state index is 0.191. The minimum atomic E-state index is -0.306. The van der Waals surface area contributed by atoms with Crippen molar-refractivity contribution >= 4 is 11.6 Å². The SMILES string of the molecule is N[C@@H]1CCN(Cc2cccc(Cl)c2F)C1. The molecule has 0 amide bonds. The maximum absolute atomic E-state index is 13.6. The summed E-state index contributed by atoms with van der Waals surface area (Å²) < 4.78 is 13.6. The Kier molecular flexibility index (Phi) is 3.24. The number of halogens is 2. The van der Waals surface area contributed by atoms with Crippen LogP contribution < -0.4 is 5.73 Å². The highest BCUT2D eigenvalue weighted by Crippen LogP contribution is 2.20. The first-order chi connectivity index (χ1) is 7.16. The molecule has 0 aromatic heterocycles. The van der Waals surface area contributed by atoms with Crippen LogP contribution in [0.4, 0.5) is 4.39 Å². The summed E-state index contributed by atoms with van der Waals surface area (Å²) in [7, 11) is 0. The molecule has 1 aromatic carbocycles. The number of hydrogen-bond acceptors (Lipinski definition) is 2. The van der Waals surface area contributed by atoms with Crippen molar-refractivity contribution in [1.29, 1.82) is 0 Å². The second kappa shape index (κ2) is 4.47. The summed E-state index contributed by atoms with van der Waals surface area (Å²) in [5.41, 5.74) is 6.43. The van der Waals surface area contributed by atoms with Crippen LogP contribution in [0.15, 0.2) is 18.2 Å². The smallest absolute Gasteiger partial charge is 0.146 e. The van der Waals surface area contributed by atoms with E-state index in [9.17, 15) is 4.39 Å². The van der Waals surface area contributed by atoms with Gasteiger partial charge >= 0.3 is 0 Å². The molecule has 0 saturated carbocycles. The highest BCUT2D eigenvalue weighted by Gasteiger charge is 2.20. The van der Waals surface area contributed by atoms with Crippen LogP contribution in [0.25, 0.3) is 0 Å². The first-order valence-corrected chi connectivity index (χ1v) is 5.45. The number of hydrogen-bond donors (Lipinski definition) is 1. The van der Waals surface area contributed by atoms with Gasteiger partial charge < -0.3 is 5.73 Å². The van der Waals surface area contributed by atoms with Gasteiger partial charge in [0.15, 0.2) is 0 Å². The molecule has 1 fully saturated rings. The summed E-state index contributed by atoms with van der Waals surface area (Å²) >= 11 is 5.71. The maximum atomic E-state index is 13.6. The highest BCUT2D eigenvalue weighted by atomic mass is 35.5. The summed E-state index contributed by atoms with van der Waals surface area (Å²) in [5.74, 6) is -0.306. The van der Waals surface area contributed by atoms with Crippen molar-refractivity contribution in [2.75, 3.05) is 13.1 Å². The van der Waals surface area contributed by atoms with Gasteiger partial charge in [0.25, 0.3) is 0 Å². The maximum Gasteiger partial charge on any atom is 0.146 e. The second-order valence-electron chi connectivity index (χ2n) is 4.00. The summed E-state index contributed by atoms with van der Waals surface area (Å²) in [4.78, 5) is 2.15. The number of benzene rings is 1. The molecular formula is C11H14ClFN2. The van der Waals surface area contributed by atoms with Crippen LogP contribution >= 0.6 is 11.6 Å². The van der Waals surface area contributed by atoms with E-state index in [-0.39, 0.29) is 16.9 Å². The Morgan fingerprint density at radius 1 is 1.53 bits per heavy atom. The van der Waals surface area contributed by atoms with Gasteiger partial charge in [-0.2, -0.15) is 0 Å². The normalized spacial score (nSPS) is 22.2. The Bertz CT molecular complexity index is 356. The Morgan fingerprint density at radius 3 is 3.00 bits per heavy atom. The van der Waals surface area contributed by atoms with Gasteiger partial charge in [-0.15, -0.1) is 0 Å². The number of rotatable bonds is 2. The Hall–Kier alpha value is -0.640. The quantitative estimate of drug-likeness (QED) is 0.839. The van der Waals surface area contributed by atoms with Crippen molar-refractivity contribution in [2.24, 2.45) is 5.73 Å². The van der Waals surface area contributed by atoms with E-state index in [1.54, 1.807) is 18.2 Å². The minimum Gasteiger partial charge on any atom is -0.326 e. The third kappa shape index (κ3) is 2.48. The van der Waals surface area contributed by atoms with Gasteiger partial charge in [0.05, 0.1) is 5.02 Å². The van der Waals surface area contributed by atoms with E-state index in [2.05, 4.69) is 4.90 Å². The molecular weight excluding hydrogens is 215 g/mol. The van der Waals surface area contributed by atoms with E-state index >= 15 is 0 Å². The third-order valence-corrected chi connectivity index (χ3v) is 3.03. The van der Waals surface area contributed by atoms with Crippen LogP contribution in [0.2, 0.25) is 5.02 Å². The van der Waals surface area contributed by atoms with E-state index in [4.69, 9.17) is 17.3 Å². The molecule has 1 aliphatic heterocycles. The van der Waals surface area contributed by atoms with Crippen molar-refractivity contribution in [1.82, 2.24) is 4.90 Å². The summed E-state index contributed by atoms with van der Waals surface area (Å²) in [6, 6.07) is 5.34. The van der Waals surface area contributed by atoms with Crippen LogP contribution in [0.5, 0.6) is 0 Å². The predicted molar refractivity (Wildman–Crippen MR) is 59.3 cm³/mol. The number of nitrogens with zero attached hydrogens (tertiary/aromatic N) is 1. The zero-order valence-corrected chi connectivity index (χ0v) is 9.17. The topological polar surface area (TPSA) is 29.3 Å². The molecule has 0 aliphatic carbocycles. The largest absolute Gasteiger partial charge is 0.326 e. The van der Waals surface area contributed by atoms with Gasteiger partial charge in [-0.25, -0.2) is 4.39 Å². The Balaban J connectivity index is 2.07. The van der Waals surface area contributed by atoms with E-state index in [1.165, 1.54) is 0 Å². The van der Waals surface area contributed by atoms with Gasteiger partial charge in [-0.1, -0.05) is 23.7 Å². The van der Waals surface area contributed by atoms with Gasteiger partial charge in [0.1, 0.15) is 5.82 Å². The molecule has 2 nitrogen and oxygen atoms in total. The van der Waals surface area contributed by atoms with Crippen LogP contribution in [0.3, 0.4) is 0 Å².